The van der Waals surface area contributed by atoms with Gasteiger partial charge < -0.3 is 23.6 Å². The van der Waals surface area contributed by atoms with Gasteiger partial charge in [0.15, 0.2) is 11.3 Å². The molecule has 0 radical (unpaired) electrons. The largest absolute Gasteiger partial charge is 0.497 e. The molecule has 0 fully saturated rings. The Morgan fingerprint density at radius 1 is 0.557 bits per heavy atom. The fourth-order valence-electron chi connectivity index (χ4n) is 9.10. The number of rotatable bonds is 13. The molecule has 0 unspecified atom stereocenters. The number of alkyl halides is 1. The van der Waals surface area contributed by atoms with Crippen LogP contribution in [0.15, 0.2) is 85.7 Å². The summed E-state index contributed by atoms with van der Waals surface area (Å²) in [6, 6.07) is 16.1. The van der Waals surface area contributed by atoms with Gasteiger partial charge in [-0.3, -0.25) is 40.5 Å². The summed E-state index contributed by atoms with van der Waals surface area (Å²) in [5.74, 6) is 3.38. The minimum absolute atomic E-state index is 0.116. The highest BCUT2D eigenvalue weighted by Crippen LogP contribution is 2.57. The lowest BCUT2D eigenvalue weighted by Gasteiger charge is -2.31. The van der Waals surface area contributed by atoms with Crippen LogP contribution in [0.25, 0.3) is 77.7 Å². The van der Waals surface area contributed by atoms with Gasteiger partial charge in [0.2, 0.25) is 0 Å². The fourth-order valence-corrected chi connectivity index (χ4v) is 12.8. The second-order valence-corrected chi connectivity index (χ2v) is 26.3. The molecule has 23 heteroatoms. The molecule has 424 valence electrons. The quantitative estimate of drug-likeness (QED) is 0.0844. The van der Waals surface area contributed by atoms with Crippen LogP contribution in [0.2, 0.25) is 0 Å². The summed E-state index contributed by atoms with van der Waals surface area (Å²) in [7, 11) is -0.186. The monoisotopic (exact) mass is 1140 g/mol. The van der Waals surface area contributed by atoms with Crippen molar-refractivity contribution in [2.75, 3.05) is 20.3 Å². The topological polar surface area (TPSA) is 199 Å². The summed E-state index contributed by atoms with van der Waals surface area (Å²) in [4.78, 5) is 21.6. The number of aryl methyl sites for hydroxylation is 4. The first kappa shape index (κ1) is 59.1. The summed E-state index contributed by atoms with van der Waals surface area (Å²) in [5, 5.41) is 2.14. The van der Waals surface area contributed by atoms with Gasteiger partial charge in [0.1, 0.15) is 35.9 Å². The SMILES string of the molecule is CC(C)(C)OP(=O)(OCCl)OC(C)(C)C.COc1ccc2c(c1)c(-c1cc3c(ncc4cnc(C)n43)[nH]1)cn2C.COc1ccc2c(c1)c(-c1cc3c(ncc4cnc(C)n43)n1COP(=O)(OC(C)(C)C)OC(C)(C)C)cn2C. The van der Waals surface area contributed by atoms with Crippen LogP contribution in [0.4, 0.5) is 0 Å². The van der Waals surface area contributed by atoms with Crippen molar-refractivity contribution in [2.45, 2.75) is 126 Å². The third kappa shape index (κ3) is 13.4. The van der Waals surface area contributed by atoms with Crippen molar-refractivity contribution < 1.29 is 45.7 Å². The van der Waals surface area contributed by atoms with E-state index < -0.39 is 38.0 Å². The Hall–Kier alpha value is -6.05. The number of aromatic amines is 1. The van der Waals surface area contributed by atoms with Crippen LogP contribution >= 0.6 is 27.2 Å². The number of halogens is 1. The average Bonchev–Trinajstić information content (AvgIpc) is 4.41. The number of hydrogen-bond acceptors (Lipinski definition) is 14. The molecule has 0 spiro atoms. The molecule has 2 aromatic carbocycles. The molecule has 8 heterocycles. The Labute approximate surface area is 465 Å². The number of phosphoric acid groups is 2. The highest BCUT2D eigenvalue weighted by atomic mass is 35.5. The van der Waals surface area contributed by atoms with Gasteiger partial charge in [-0.1, -0.05) is 11.6 Å². The van der Waals surface area contributed by atoms with Gasteiger partial charge in [-0.2, -0.15) is 0 Å². The summed E-state index contributed by atoms with van der Waals surface area (Å²) in [6.07, 6.45) is 11.4. The van der Waals surface area contributed by atoms with E-state index in [9.17, 15) is 9.13 Å². The lowest BCUT2D eigenvalue weighted by Crippen LogP contribution is -2.25. The highest BCUT2D eigenvalue weighted by Gasteiger charge is 2.39. The van der Waals surface area contributed by atoms with E-state index in [1.54, 1.807) is 68.2 Å². The summed E-state index contributed by atoms with van der Waals surface area (Å²) < 4.78 is 80.4. The number of hydrogen-bond donors (Lipinski definition) is 1. The number of imidazole rings is 2. The maximum atomic E-state index is 13.9. The molecular weight excluding hydrogens is 1070 g/mol. The van der Waals surface area contributed by atoms with Crippen molar-refractivity contribution in [1.29, 1.82) is 0 Å². The van der Waals surface area contributed by atoms with Crippen LogP contribution in [0, 0.1) is 13.8 Å². The van der Waals surface area contributed by atoms with Gasteiger partial charge in [0.05, 0.1) is 94.9 Å². The van der Waals surface area contributed by atoms with Crippen molar-refractivity contribution in [2.24, 2.45) is 14.1 Å². The molecule has 0 saturated heterocycles. The Bertz CT molecular complexity index is 3900. The lowest BCUT2D eigenvalue weighted by atomic mass is 10.1. The smallest absolute Gasteiger partial charge is 0.477 e. The third-order valence-electron chi connectivity index (χ3n) is 11.9. The van der Waals surface area contributed by atoms with Crippen molar-refractivity contribution in [1.82, 2.24) is 47.4 Å². The van der Waals surface area contributed by atoms with Crippen molar-refractivity contribution in [3.63, 3.8) is 0 Å². The zero-order valence-electron chi connectivity index (χ0n) is 48.4. The zero-order valence-corrected chi connectivity index (χ0v) is 50.9. The first-order valence-electron chi connectivity index (χ1n) is 25.6. The molecular formula is C56H73ClN10O10P2. The van der Waals surface area contributed by atoms with Gasteiger partial charge in [-0.15, -0.1) is 0 Å². The van der Waals surface area contributed by atoms with Crippen LogP contribution in [-0.2, 0) is 57.1 Å². The predicted octanol–water partition coefficient (Wildman–Crippen LogP) is 14.5. The number of H-pyrrole nitrogens is 1. The first-order chi connectivity index (χ1) is 36.8. The molecule has 0 aliphatic rings. The fraction of sp³-hybridized carbons (Fsp3) is 0.429. The number of phosphoric ester groups is 2. The molecule has 79 heavy (non-hydrogen) atoms. The molecule has 0 bridgehead atoms. The van der Waals surface area contributed by atoms with E-state index in [1.165, 1.54) is 0 Å². The van der Waals surface area contributed by atoms with Crippen molar-refractivity contribution in [3.8, 4) is 34.0 Å². The Kier molecular flexibility index (Phi) is 16.5. The van der Waals surface area contributed by atoms with E-state index in [4.69, 9.17) is 53.2 Å². The highest BCUT2D eigenvalue weighted by molar-refractivity contribution is 7.48. The number of fused-ring (bicyclic) bond motifs is 8. The number of nitrogens with zero attached hydrogens (tertiary/aromatic N) is 9. The molecule has 0 amide bonds. The van der Waals surface area contributed by atoms with E-state index in [1.807, 2.05) is 108 Å². The minimum Gasteiger partial charge on any atom is -0.497 e. The molecule has 0 atom stereocenters. The van der Waals surface area contributed by atoms with Gasteiger partial charge in [-0.05, 0) is 145 Å². The maximum absolute atomic E-state index is 13.9. The molecule has 0 aliphatic carbocycles. The van der Waals surface area contributed by atoms with Gasteiger partial charge in [0, 0.05) is 59.4 Å². The van der Waals surface area contributed by atoms with Gasteiger partial charge in [-0.25, -0.2) is 29.1 Å². The second kappa shape index (κ2) is 22.1. The first-order valence-corrected chi connectivity index (χ1v) is 29.1. The van der Waals surface area contributed by atoms with Crippen molar-refractivity contribution in [3.05, 3.63) is 97.4 Å². The number of ether oxygens (including phenoxy) is 2. The van der Waals surface area contributed by atoms with Gasteiger partial charge in [0.25, 0.3) is 0 Å². The number of aromatic nitrogens is 10. The number of methoxy groups -OCH3 is 2. The average molecular weight is 1140 g/mol. The normalized spacial score (nSPS) is 13.0. The second-order valence-electron chi connectivity index (χ2n) is 23.0. The third-order valence-corrected chi connectivity index (χ3v) is 16.2. The van der Waals surface area contributed by atoms with Crippen LogP contribution in [-0.4, -0.2) is 90.1 Å². The molecule has 10 rings (SSSR count). The Morgan fingerprint density at radius 2 is 1.00 bits per heavy atom. The Balaban J connectivity index is 0.000000175. The molecule has 0 aliphatic heterocycles. The summed E-state index contributed by atoms with van der Waals surface area (Å²) >= 11 is 5.39. The van der Waals surface area contributed by atoms with E-state index in [2.05, 4.69) is 77.2 Å². The minimum atomic E-state index is -3.99. The number of nitrogens with one attached hydrogen (secondary N) is 1. The molecule has 8 aromatic heterocycles. The van der Waals surface area contributed by atoms with E-state index in [-0.39, 0.29) is 12.8 Å². The van der Waals surface area contributed by atoms with E-state index in [0.717, 1.165) is 95.2 Å². The lowest BCUT2D eigenvalue weighted by molar-refractivity contribution is -0.00572. The maximum Gasteiger partial charge on any atom is 0.477 e. The van der Waals surface area contributed by atoms with Crippen LogP contribution in [0.5, 0.6) is 11.5 Å². The van der Waals surface area contributed by atoms with Crippen LogP contribution in [0.3, 0.4) is 0 Å². The summed E-state index contributed by atoms with van der Waals surface area (Å²) in [5.41, 5.74) is 8.63. The summed E-state index contributed by atoms with van der Waals surface area (Å²) in [6.45, 7) is 25.3. The Morgan fingerprint density at radius 3 is 1.48 bits per heavy atom. The molecule has 1 N–H and O–H groups in total. The molecule has 0 saturated carbocycles. The predicted molar refractivity (Wildman–Crippen MR) is 311 cm³/mol. The number of benzene rings is 2. The molecule has 20 nitrogen and oxygen atoms in total. The van der Waals surface area contributed by atoms with E-state index >= 15 is 0 Å². The van der Waals surface area contributed by atoms with Gasteiger partial charge >= 0.3 is 15.6 Å². The van der Waals surface area contributed by atoms with Crippen LogP contribution in [0.1, 0.15) is 94.7 Å². The van der Waals surface area contributed by atoms with Crippen LogP contribution < -0.4 is 9.47 Å². The van der Waals surface area contributed by atoms with Crippen molar-refractivity contribution >= 4 is 82.4 Å². The zero-order chi connectivity index (χ0) is 57.8. The van der Waals surface area contributed by atoms with E-state index in [0.29, 0.717) is 5.65 Å². The standard InChI is InChI=1S/C28H36N5O5P.C19H17N5O.C9H20ClO4P/c1-18-29-14-19-15-30-26-25(33(18)19)13-24(22-16-31(8)23-11-10-20(35-9)12-21(22)23)32(26)17-36-39(34,37-27(2,3)4)38-28(5,6)7;1-11-20-8-12-9-21-19-18(24(11)12)7-16(22-19)15-10-23(2)17-5-4-13(25-3)6-14(15)17;1-8(2,3)13-15(11,12-7-10)14-9(4,5)6/h10-16H,17H2,1-9H3;4-10,22H,1-3H3;7H2,1-6H3. The molecule has 10 aromatic rings.